The Morgan fingerprint density at radius 2 is 1.40 bits per heavy atom. The topological polar surface area (TPSA) is 63.6 Å². The third-order valence-corrected chi connectivity index (χ3v) is 3.94. The predicted octanol–water partition coefficient (Wildman–Crippen LogP) is 3.98. The zero-order valence-electron chi connectivity index (χ0n) is 12.8. The van der Waals surface area contributed by atoms with Crippen molar-refractivity contribution < 1.29 is 19.4 Å². The van der Waals surface area contributed by atoms with Crippen LogP contribution >= 0.6 is 0 Å². The van der Waals surface area contributed by atoms with Crippen molar-refractivity contribution in [3.05, 3.63) is 0 Å². The highest BCUT2D eigenvalue weighted by Crippen LogP contribution is 2.28. The van der Waals surface area contributed by atoms with Crippen LogP contribution in [-0.2, 0) is 14.3 Å². The summed E-state index contributed by atoms with van der Waals surface area (Å²) in [6, 6.07) is 0. The minimum absolute atomic E-state index is 0. The normalized spacial score (nSPS) is 17.5. The summed E-state index contributed by atoms with van der Waals surface area (Å²) in [5.74, 6) is -2.26. The lowest BCUT2D eigenvalue weighted by atomic mass is 9.78. The molecule has 0 radical (unpaired) electrons. The molecule has 0 aromatic carbocycles. The molecule has 0 spiro atoms. The van der Waals surface area contributed by atoms with Gasteiger partial charge in [0.2, 0.25) is 0 Å². The number of carbonyl (C=O) groups excluding carboxylic acids is 1. The first-order valence-corrected chi connectivity index (χ1v) is 7.13. The Bertz CT molecular complexity index is 278. The van der Waals surface area contributed by atoms with Gasteiger partial charge in [0.1, 0.15) is 0 Å². The highest BCUT2D eigenvalue weighted by atomic mass is 16.5. The molecule has 3 atom stereocenters. The molecule has 1 fully saturated rings. The van der Waals surface area contributed by atoms with Crippen LogP contribution in [0.1, 0.15) is 60.8 Å². The summed E-state index contributed by atoms with van der Waals surface area (Å²) in [7, 11) is 1.33. The Morgan fingerprint density at radius 3 is 1.60 bits per heavy atom. The summed E-state index contributed by atoms with van der Waals surface area (Å²) in [5.41, 5.74) is 0. The van der Waals surface area contributed by atoms with E-state index in [4.69, 9.17) is 9.84 Å². The molecule has 3 unspecified atom stereocenters. The first-order chi connectivity index (χ1) is 8.82. The summed E-state index contributed by atoms with van der Waals surface area (Å²) in [6.07, 6.45) is 6.00. The highest BCUT2D eigenvalue weighted by Gasteiger charge is 2.34. The smallest absolute Gasteiger partial charge is 0.309 e. The number of methoxy groups -OCH3 is 1. The molecule has 4 heteroatoms. The lowest BCUT2D eigenvalue weighted by molar-refractivity contribution is -0.152. The average molecular weight is 288 g/mol. The van der Waals surface area contributed by atoms with Crippen LogP contribution in [0.25, 0.3) is 0 Å². The maximum atomic E-state index is 11.5. The van der Waals surface area contributed by atoms with Crippen LogP contribution < -0.4 is 0 Å². The van der Waals surface area contributed by atoms with Crippen molar-refractivity contribution in [2.45, 2.75) is 60.8 Å². The molecule has 0 saturated heterocycles. The minimum Gasteiger partial charge on any atom is -0.481 e. The summed E-state index contributed by atoms with van der Waals surface area (Å²) >= 11 is 0. The van der Waals surface area contributed by atoms with Gasteiger partial charge in [0.25, 0.3) is 0 Å². The molecule has 0 aromatic rings. The molecule has 0 aromatic heterocycles. The second-order valence-corrected chi connectivity index (χ2v) is 5.69. The Kier molecular flexibility index (Phi) is 11.4. The van der Waals surface area contributed by atoms with E-state index in [1.807, 2.05) is 13.8 Å². The molecule has 1 N–H and O–H groups in total. The number of hydrogen-bond donors (Lipinski definition) is 1. The van der Waals surface area contributed by atoms with Crippen molar-refractivity contribution in [2.75, 3.05) is 7.11 Å². The number of hydrogen-bond acceptors (Lipinski definition) is 3. The van der Waals surface area contributed by atoms with Crippen molar-refractivity contribution in [1.82, 2.24) is 0 Å². The van der Waals surface area contributed by atoms with E-state index in [9.17, 15) is 9.59 Å². The Balaban J connectivity index is 0. The molecule has 4 nitrogen and oxygen atoms in total. The molecule has 1 rings (SSSR count). The van der Waals surface area contributed by atoms with E-state index in [2.05, 4.69) is 0 Å². The van der Waals surface area contributed by atoms with Gasteiger partial charge >= 0.3 is 11.9 Å². The van der Waals surface area contributed by atoms with Crippen molar-refractivity contribution in [1.29, 1.82) is 0 Å². The highest BCUT2D eigenvalue weighted by molar-refractivity contribution is 5.75. The summed E-state index contributed by atoms with van der Waals surface area (Å²) in [6.45, 7) is 7.19. The third-order valence-electron chi connectivity index (χ3n) is 3.94. The van der Waals surface area contributed by atoms with Gasteiger partial charge in [-0.05, 0) is 11.8 Å². The lowest BCUT2D eigenvalue weighted by Crippen LogP contribution is -2.34. The van der Waals surface area contributed by atoms with E-state index < -0.39 is 11.9 Å². The number of ether oxygens (including phenoxy) is 1. The van der Waals surface area contributed by atoms with Crippen molar-refractivity contribution in [3.8, 4) is 0 Å². The number of carboxylic acids is 1. The predicted molar refractivity (Wildman–Crippen MR) is 81.5 cm³/mol. The Hall–Kier alpha value is -1.06. The second-order valence-electron chi connectivity index (χ2n) is 5.69. The zero-order chi connectivity index (χ0) is 15.0. The molecule has 120 valence electrons. The number of rotatable bonds is 5. The fraction of sp³-hybridized carbons (Fsp3) is 0.875. The Morgan fingerprint density at radius 1 is 1.00 bits per heavy atom. The van der Waals surface area contributed by atoms with E-state index in [0.717, 1.165) is 0 Å². The zero-order valence-corrected chi connectivity index (χ0v) is 12.8. The summed E-state index contributed by atoms with van der Waals surface area (Å²) < 4.78 is 4.69. The fourth-order valence-electron chi connectivity index (χ4n) is 2.02. The van der Waals surface area contributed by atoms with Crippen LogP contribution in [0.2, 0.25) is 0 Å². The largest absolute Gasteiger partial charge is 0.481 e. The van der Waals surface area contributed by atoms with Crippen LogP contribution in [0.5, 0.6) is 0 Å². The van der Waals surface area contributed by atoms with E-state index in [0.29, 0.717) is 0 Å². The second kappa shape index (κ2) is 10.7. The first kappa shape index (κ1) is 21.2. The lowest BCUT2D eigenvalue weighted by Gasteiger charge is -2.27. The molecular weight excluding hydrogens is 256 g/mol. The van der Waals surface area contributed by atoms with Crippen molar-refractivity contribution in [2.24, 2.45) is 23.7 Å². The van der Waals surface area contributed by atoms with E-state index in [-0.39, 0.29) is 31.1 Å². The van der Waals surface area contributed by atoms with Crippen LogP contribution in [0.4, 0.5) is 0 Å². The molecular formula is C16H32O4. The molecule has 1 aliphatic carbocycles. The van der Waals surface area contributed by atoms with Crippen LogP contribution in [0.15, 0.2) is 0 Å². The molecule has 1 saturated carbocycles. The maximum Gasteiger partial charge on any atom is 0.309 e. The van der Waals surface area contributed by atoms with Crippen LogP contribution in [0, 0.1) is 23.7 Å². The molecule has 1 aliphatic rings. The fourth-order valence-corrected chi connectivity index (χ4v) is 2.02. The van der Waals surface area contributed by atoms with Crippen LogP contribution in [-0.4, -0.2) is 24.2 Å². The molecule has 20 heavy (non-hydrogen) atoms. The van der Waals surface area contributed by atoms with Gasteiger partial charge in [0.15, 0.2) is 0 Å². The summed E-state index contributed by atoms with van der Waals surface area (Å²) in [4.78, 5) is 22.3. The first-order valence-electron chi connectivity index (χ1n) is 7.13. The quantitative estimate of drug-likeness (QED) is 0.777. The molecule has 0 amide bonds. The van der Waals surface area contributed by atoms with Crippen molar-refractivity contribution in [3.63, 3.8) is 0 Å². The van der Waals surface area contributed by atoms with E-state index in [1.165, 1.54) is 32.8 Å². The van der Waals surface area contributed by atoms with Gasteiger partial charge in [-0.2, -0.15) is 0 Å². The SMILES string of the molecule is C.C1CCC1.COC(=O)C(C(C)C)C(C)C(C)C(=O)O. The average Bonchev–Trinajstić information content (AvgIpc) is 2.24. The summed E-state index contributed by atoms with van der Waals surface area (Å²) in [5, 5.41) is 8.89. The van der Waals surface area contributed by atoms with Gasteiger partial charge in [0, 0.05) is 0 Å². The van der Waals surface area contributed by atoms with Gasteiger partial charge in [-0.25, -0.2) is 0 Å². The van der Waals surface area contributed by atoms with E-state index >= 15 is 0 Å². The monoisotopic (exact) mass is 288 g/mol. The Labute approximate surface area is 123 Å². The number of aliphatic carboxylic acids is 1. The maximum absolute atomic E-state index is 11.5. The van der Waals surface area contributed by atoms with Crippen LogP contribution in [0.3, 0.4) is 0 Å². The molecule has 0 bridgehead atoms. The molecule has 0 heterocycles. The number of esters is 1. The molecule has 0 aliphatic heterocycles. The number of carbonyl (C=O) groups is 2. The van der Waals surface area contributed by atoms with Gasteiger partial charge in [-0.3, -0.25) is 9.59 Å². The minimum atomic E-state index is -0.878. The third kappa shape index (κ3) is 6.92. The van der Waals surface area contributed by atoms with Crippen molar-refractivity contribution >= 4 is 11.9 Å². The van der Waals surface area contributed by atoms with Gasteiger partial charge in [-0.1, -0.05) is 60.8 Å². The van der Waals surface area contributed by atoms with E-state index in [1.54, 1.807) is 13.8 Å². The standard InChI is InChI=1S/C11H20O4.C4H8.CH4/c1-6(2)9(11(14)15-5)7(3)8(4)10(12)13;1-2-4-3-1;/h6-9H,1-5H3,(H,12,13);1-4H2;1H4. The van der Waals surface area contributed by atoms with Gasteiger partial charge < -0.3 is 9.84 Å². The number of carboxylic acid groups (broad SMARTS) is 1. The van der Waals surface area contributed by atoms with Gasteiger partial charge in [-0.15, -0.1) is 0 Å². The van der Waals surface area contributed by atoms with Gasteiger partial charge in [0.05, 0.1) is 18.9 Å².